The van der Waals surface area contributed by atoms with Gasteiger partial charge in [0, 0.05) is 29.9 Å². The van der Waals surface area contributed by atoms with E-state index in [-0.39, 0.29) is 18.2 Å². The third-order valence-corrected chi connectivity index (χ3v) is 6.25. The number of rotatable bonds is 7. The molecule has 0 bridgehead atoms. The molecule has 3 aromatic carbocycles. The highest BCUT2D eigenvalue weighted by Gasteiger charge is 2.22. The number of nitriles is 1. The van der Waals surface area contributed by atoms with E-state index in [0.717, 1.165) is 42.6 Å². The second-order valence-corrected chi connectivity index (χ2v) is 8.91. The number of nitrogens with zero attached hydrogens (tertiary/aromatic N) is 2. The zero-order valence-corrected chi connectivity index (χ0v) is 20.1. The van der Waals surface area contributed by atoms with Crippen molar-refractivity contribution in [2.45, 2.75) is 39.7 Å². The van der Waals surface area contributed by atoms with Crippen LogP contribution in [0.4, 0.5) is 5.69 Å². The number of nitrogens with one attached hydrogen (secondary N) is 1. The Morgan fingerprint density at radius 3 is 2.46 bits per heavy atom. The average Bonchev–Trinajstić information content (AvgIpc) is 3.40. The van der Waals surface area contributed by atoms with Crippen LogP contribution in [0.5, 0.6) is 5.75 Å². The fourth-order valence-electron chi connectivity index (χ4n) is 4.30. The molecule has 1 N–H and O–H groups in total. The van der Waals surface area contributed by atoms with Crippen LogP contribution in [0.15, 0.2) is 60.7 Å². The number of carbonyl (C=O) groups excluding carboxylic acids is 2. The first-order valence-corrected chi connectivity index (χ1v) is 11.8. The molecule has 6 heteroatoms. The van der Waals surface area contributed by atoms with Crippen molar-refractivity contribution in [3.05, 3.63) is 94.0 Å². The van der Waals surface area contributed by atoms with Crippen LogP contribution in [0.2, 0.25) is 0 Å². The van der Waals surface area contributed by atoms with Gasteiger partial charge >= 0.3 is 0 Å². The van der Waals surface area contributed by atoms with Crippen molar-refractivity contribution < 1.29 is 14.3 Å². The first-order valence-electron chi connectivity index (χ1n) is 11.8. The van der Waals surface area contributed by atoms with Crippen molar-refractivity contribution in [3.63, 3.8) is 0 Å². The fraction of sp³-hybridized carbons (Fsp3) is 0.276. The van der Waals surface area contributed by atoms with Gasteiger partial charge in [0.15, 0.2) is 0 Å². The van der Waals surface area contributed by atoms with Crippen molar-refractivity contribution in [1.82, 2.24) is 4.90 Å². The number of anilines is 1. The Bertz CT molecular complexity index is 1270. The van der Waals surface area contributed by atoms with E-state index >= 15 is 0 Å². The van der Waals surface area contributed by atoms with Gasteiger partial charge in [-0.2, -0.15) is 5.26 Å². The summed E-state index contributed by atoms with van der Waals surface area (Å²) >= 11 is 0. The quantitative estimate of drug-likeness (QED) is 0.520. The predicted octanol–water partition coefficient (Wildman–Crippen LogP) is 5.17. The molecule has 0 aromatic heterocycles. The highest BCUT2D eigenvalue weighted by molar-refractivity contribution is 5.98. The van der Waals surface area contributed by atoms with Gasteiger partial charge < -0.3 is 15.0 Å². The molecule has 178 valence electrons. The molecule has 3 aromatic rings. The predicted molar refractivity (Wildman–Crippen MR) is 135 cm³/mol. The molecule has 1 saturated heterocycles. The summed E-state index contributed by atoms with van der Waals surface area (Å²) in [6, 6.07) is 20.7. The van der Waals surface area contributed by atoms with Crippen LogP contribution in [0.3, 0.4) is 0 Å². The lowest BCUT2D eigenvalue weighted by Gasteiger charge is -2.19. The number of aryl methyl sites for hydroxylation is 2. The smallest absolute Gasteiger partial charge is 0.254 e. The van der Waals surface area contributed by atoms with E-state index in [1.807, 2.05) is 61.2 Å². The zero-order chi connectivity index (χ0) is 24.8. The summed E-state index contributed by atoms with van der Waals surface area (Å²) in [6.45, 7) is 5.75. The Kier molecular flexibility index (Phi) is 7.47. The topological polar surface area (TPSA) is 82.4 Å². The van der Waals surface area contributed by atoms with Gasteiger partial charge in [-0.05, 0) is 73.7 Å². The normalized spacial score (nSPS) is 12.8. The summed E-state index contributed by atoms with van der Waals surface area (Å²) in [7, 11) is 0. The third-order valence-electron chi connectivity index (χ3n) is 6.25. The van der Waals surface area contributed by atoms with Gasteiger partial charge in [0.1, 0.15) is 12.4 Å². The molecule has 6 nitrogen and oxygen atoms in total. The molecule has 2 amide bonds. The summed E-state index contributed by atoms with van der Waals surface area (Å²) in [5.74, 6) is 0.405. The summed E-state index contributed by atoms with van der Waals surface area (Å²) in [5, 5.41) is 12.3. The minimum absolute atomic E-state index is 0.0505. The first kappa shape index (κ1) is 24.0. The van der Waals surface area contributed by atoms with Gasteiger partial charge in [-0.15, -0.1) is 0 Å². The number of benzene rings is 3. The molecular weight excluding hydrogens is 438 g/mol. The lowest BCUT2D eigenvalue weighted by atomic mass is 10.0. The molecule has 35 heavy (non-hydrogen) atoms. The zero-order valence-electron chi connectivity index (χ0n) is 20.1. The summed E-state index contributed by atoms with van der Waals surface area (Å²) < 4.78 is 5.98. The Labute approximate surface area is 206 Å². The van der Waals surface area contributed by atoms with E-state index in [2.05, 4.69) is 11.4 Å². The van der Waals surface area contributed by atoms with E-state index in [4.69, 9.17) is 4.74 Å². The third kappa shape index (κ3) is 5.88. The Balaban J connectivity index is 1.48. The second-order valence-electron chi connectivity index (χ2n) is 8.91. The van der Waals surface area contributed by atoms with E-state index in [1.54, 1.807) is 18.2 Å². The molecule has 0 radical (unpaired) electrons. The maximum Gasteiger partial charge on any atom is 0.254 e. The van der Waals surface area contributed by atoms with Crippen LogP contribution in [0.1, 0.15) is 51.0 Å². The van der Waals surface area contributed by atoms with E-state index in [1.165, 1.54) is 0 Å². The van der Waals surface area contributed by atoms with Gasteiger partial charge in [0.05, 0.1) is 18.1 Å². The lowest BCUT2D eigenvalue weighted by Crippen LogP contribution is -2.28. The fourth-order valence-corrected chi connectivity index (χ4v) is 4.30. The van der Waals surface area contributed by atoms with Gasteiger partial charge in [-0.1, -0.05) is 30.3 Å². The number of hydrogen-bond donors (Lipinski definition) is 1. The van der Waals surface area contributed by atoms with E-state index in [9.17, 15) is 14.9 Å². The minimum atomic E-state index is -0.217. The number of likely N-dealkylation sites (tertiary alicyclic amines) is 1. The monoisotopic (exact) mass is 467 g/mol. The van der Waals surface area contributed by atoms with Crippen LogP contribution in [-0.4, -0.2) is 29.8 Å². The molecule has 1 aliphatic rings. The largest absolute Gasteiger partial charge is 0.489 e. The number of carbonyl (C=O) groups is 2. The molecule has 1 aliphatic heterocycles. The summed E-state index contributed by atoms with van der Waals surface area (Å²) in [5.41, 5.74) is 5.15. The maximum absolute atomic E-state index is 13.0. The van der Waals surface area contributed by atoms with E-state index in [0.29, 0.717) is 34.7 Å². The molecule has 0 aliphatic carbocycles. The van der Waals surface area contributed by atoms with Gasteiger partial charge in [0.2, 0.25) is 5.91 Å². The van der Waals surface area contributed by atoms with Gasteiger partial charge in [-0.25, -0.2) is 0 Å². The van der Waals surface area contributed by atoms with Crippen molar-refractivity contribution in [2.24, 2.45) is 0 Å². The van der Waals surface area contributed by atoms with Gasteiger partial charge in [-0.3, -0.25) is 9.59 Å². The number of amides is 2. The highest BCUT2D eigenvalue weighted by Crippen LogP contribution is 2.25. The molecule has 1 fully saturated rings. The SMILES string of the molecule is Cc1cc(C(=O)N2CCCC2)c(C)cc1NC(=O)Cc1cc(C#N)ccc1OCc1ccccc1. The Morgan fingerprint density at radius 1 is 1.00 bits per heavy atom. The second kappa shape index (κ2) is 10.9. The van der Waals surface area contributed by atoms with Crippen LogP contribution < -0.4 is 10.1 Å². The number of hydrogen-bond acceptors (Lipinski definition) is 4. The van der Waals surface area contributed by atoms with E-state index < -0.39 is 0 Å². The maximum atomic E-state index is 13.0. The molecule has 0 saturated carbocycles. The molecule has 1 heterocycles. The molecular formula is C29H29N3O3. The Morgan fingerprint density at radius 2 is 1.74 bits per heavy atom. The lowest BCUT2D eigenvalue weighted by molar-refractivity contribution is -0.115. The number of ether oxygens (including phenoxy) is 1. The van der Waals surface area contributed by atoms with Crippen LogP contribution >= 0.6 is 0 Å². The standard InChI is InChI=1S/C29H29N3O3/c1-20-15-26(21(2)14-25(20)29(34)32-12-6-7-13-32)31-28(33)17-24-16-23(18-30)10-11-27(24)35-19-22-8-4-3-5-9-22/h3-5,8-11,14-16H,6-7,12-13,17,19H2,1-2H3,(H,31,33). The average molecular weight is 468 g/mol. The molecule has 0 spiro atoms. The molecule has 0 atom stereocenters. The molecule has 4 rings (SSSR count). The van der Waals surface area contributed by atoms with Crippen molar-refractivity contribution in [2.75, 3.05) is 18.4 Å². The van der Waals surface area contributed by atoms with Crippen molar-refractivity contribution in [3.8, 4) is 11.8 Å². The summed E-state index contributed by atoms with van der Waals surface area (Å²) in [6.07, 6.45) is 2.15. The molecule has 0 unspecified atom stereocenters. The van der Waals surface area contributed by atoms with Crippen LogP contribution in [0.25, 0.3) is 0 Å². The van der Waals surface area contributed by atoms with Crippen LogP contribution in [-0.2, 0) is 17.8 Å². The first-order chi connectivity index (χ1) is 16.9. The summed E-state index contributed by atoms with van der Waals surface area (Å²) in [4.78, 5) is 27.7. The van der Waals surface area contributed by atoms with Crippen molar-refractivity contribution >= 4 is 17.5 Å². The van der Waals surface area contributed by atoms with Crippen molar-refractivity contribution in [1.29, 1.82) is 5.26 Å². The highest BCUT2D eigenvalue weighted by atomic mass is 16.5. The van der Waals surface area contributed by atoms with Crippen LogP contribution in [0, 0.1) is 25.2 Å². The van der Waals surface area contributed by atoms with Gasteiger partial charge in [0.25, 0.3) is 5.91 Å². The Hall–Kier alpha value is -4.11. The minimum Gasteiger partial charge on any atom is -0.489 e.